The maximum Gasteiger partial charge on any atom is 0.311 e. The quantitative estimate of drug-likeness (QED) is 0.455. The monoisotopic (exact) mass is 350 g/mol. The number of aliphatic hydroxyl groups excluding tert-OH is 2. The molecule has 0 amide bonds. The number of hydrogen-bond acceptors (Lipinski definition) is 7. The molecule has 0 saturated carbocycles. The largest absolute Gasteiger partial charge is 0.463 e. The Hall–Kier alpha value is -1.18. The van der Waals surface area contributed by atoms with Gasteiger partial charge in [-0.25, -0.2) is 0 Å². The molecule has 7 nitrogen and oxygen atoms in total. The number of carbonyl (C=O) groups is 2. The molecule has 0 aromatic heterocycles. The van der Waals surface area contributed by atoms with Gasteiger partial charge < -0.3 is 24.4 Å². The van der Waals surface area contributed by atoms with Crippen LogP contribution in [0.4, 0.5) is 0 Å². The van der Waals surface area contributed by atoms with Crippen LogP contribution in [0.25, 0.3) is 0 Å². The van der Waals surface area contributed by atoms with Crippen LogP contribution in [0.15, 0.2) is 0 Å². The lowest BCUT2D eigenvalue weighted by molar-refractivity contribution is -0.157. The van der Waals surface area contributed by atoms with Crippen molar-refractivity contribution < 1.29 is 34.0 Å². The second-order valence-corrected chi connectivity index (χ2v) is 6.14. The number of methoxy groups -OCH3 is 1. The van der Waals surface area contributed by atoms with Crippen LogP contribution in [0.3, 0.4) is 0 Å². The molecule has 0 spiro atoms. The van der Waals surface area contributed by atoms with Crippen LogP contribution in [0, 0.1) is 11.3 Å². The lowest BCUT2D eigenvalue weighted by Gasteiger charge is -2.21. The predicted molar refractivity (Wildman–Crippen MR) is 90.4 cm³/mol. The van der Waals surface area contributed by atoms with E-state index in [2.05, 4.69) is 0 Å². The number of rotatable bonds is 10. The van der Waals surface area contributed by atoms with E-state index in [1.54, 1.807) is 21.0 Å². The first-order chi connectivity index (χ1) is 11.2. The van der Waals surface area contributed by atoms with Crippen molar-refractivity contribution in [2.24, 2.45) is 11.3 Å². The average molecular weight is 350 g/mol. The molecule has 0 aliphatic carbocycles. The fraction of sp³-hybridized carbons (Fsp3) is 0.882. The zero-order valence-corrected chi connectivity index (χ0v) is 15.8. The van der Waals surface area contributed by atoms with E-state index in [0.717, 1.165) is 6.42 Å². The molecule has 7 heteroatoms. The standard InChI is InChI=1S/C9H18O4.C8H16O3/c1-4-9(2,3)8(12)13-6-7(11)5-10;1-4-7(2)8(9)11-6-5-10-3/h7,10-11H,4-6H2,1-3H3;7H,4-6H2,1-3H3. The van der Waals surface area contributed by atoms with Gasteiger partial charge in [0, 0.05) is 7.11 Å². The van der Waals surface area contributed by atoms with Crippen molar-refractivity contribution in [1.82, 2.24) is 0 Å². The van der Waals surface area contributed by atoms with Gasteiger partial charge >= 0.3 is 11.9 Å². The van der Waals surface area contributed by atoms with Crippen LogP contribution in [0.2, 0.25) is 0 Å². The van der Waals surface area contributed by atoms with E-state index < -0.39 is 11.5 Å². The third-order valence-electron chi connectivity index (χ3n) is 3.60. The Balaban J connectivity index is 0. The van der Waals surface area contributed by atoms with E-state index in [-0.39, 0.29) is 31.1 Å². The molecule has 144 valence electrons. The first-order valence-electron chi connectivity index (χ1n) is 8.27. The summed E-state index contributed by atoms with van der Waals surface area (Å²) in [6.07, 6.45) is 0.531. The van der Waals surface area contributed by atoms with E-state index in [1.165, 1.54) is 0 Å². The Morgan fingerprint density at radius 1 is 1.12 bits per heavy atom. The predicted octanol–water partition coefficient (Wildman–Crippen LogP) is 1.54. The Bertz CT molecular complexity index is 342. The van der Waals surface area contributed by atoms with E-state index in [1.807, 2.05) is 20.8 Å². The van der Waals surface area contributed by atoms with Crippen LogP contribution in [-0.2, 0) is 23.8 Å². The highest BCUT2D eigenvalue weighted by atomic mass is 16.6. The van der Waals surface area contributed by atoms with Crippen LogP contribution >= 0.6 is 0 Å². The fourth-order valence-electron chi connectivity index (χ4n) is 1.10. The van der Waals surface area contributed by atoms with Crippen LogP contribution in [0.5, 0.6) is 0 Å². The summed E-state index contributed by atoms with van der Waals surface area (Å²) in [6, 6.07) is 0. The maximum atomic E-state index is 11.3. The Labute approximate surface area is 145 Å². The summed E-state index contributed by atoms with van der Waals surface area (Å²) in [6.45, 7) is 9.57. The normalized spacial score (nSPS) is 13.3. The molecular weight excluding hydrogens is 316 g/mol. The van der Waals surface area contributed by atoms with Gasteiger partial charge in [-0.2, -0.15) is 0 Å². The van der Waals surface area contributed by atoms with Crippen molar-refractivity contribution in [3.63, 3.8) is 0 Å². The van der Waals surface area contributed by atoms with Crippen molar-refractivity contribution in [2.75, 3.05) is 33.5 Å². The smallest absolute Gasteiger partial charge is 0.311 e. The molecule has 2 unspecified atom stereocenters. The zero-order valence-electron chi connectivity index (χ0n) is 15.8. The van der Waals surface area contributed by atoms with E-state index in [0.29, 0.717) is 19.6 Å². The van der Waals surface area contributed by atoms with Crippen LogP contribution < -0.4 is 0 Å². The summed E-state index contributed by atoms with van der Waals surface area (Å²) in [5.41, 5.74) is -0.519. The Morgan fingerprint density at radius 2 is 1.71 bits per heavy atom. The number of ether oxygens (including phenoxy) is 3. The van der Waals surface area contributed by atoms with E-state index in [9.17, 15) is 9.59 Å². The van der Waals surface area contributed by atoms with Crippen molar-refractivity contribution >= 4 is 11.9 Å². The molecule has 0 heterocycles. The van der Waals surface area contributed by atoms with Gasteiger partial charge in [-0.15, -0.1) is 0 Å². The summed E-state index contributed by atoms with van der Waals surface area (Å²) >= 11 is 0. The van der Waals surface area contributed by atoms with E-state index in [4.69, 9.17) is 24.4 Å². The van der Waals surface area contributed by atoms with Crippen LogP contribution in [0.1, 0.15) is 47.5 Å². The van der Waals surface area contributed by atoms with Gasteiger partial charge in [-0.3, -0.25) is 9.59 Å². The molecule has 0 bridgehead atoms. The van der Waals surface area contributed by atoms with Gasteiger partial charge in [0.05, 0.1) is 24.5 Å². The average Bonchev–Trinajstić information content (AvgIpc) is 2.58. The molecule has 0 aromatic carbocycles. The second kappa shape index (κ2) is 14.2. The van der Waals surface area contributed by atoms with Gasteiger partial charge in [0.1, 0.15) is 19.3 Å². The molecule has 0 aliphatic heterocycles. The lowest BCUT2D eigenvalue weighted by Crippen LogP contribution is -2.30. The highest BCUT2D eigenvalue weighted by Crippen LogP contribution is 2.21. The highest BCUT2D eigenvalue weighted by molar-refractivity contribution is 5.75. The van der Waals surface area contributed by atoms with Crippen molar-refractivity contribution in [2.45, 2.75) is 53.6 Å². The van der Waals surface area contributed by atoms with Gasteiger partial charge in [-0.05, 0) is 26.7 Å². The van der Waals surface area contributed by atoms with Gasteiger partial charge in [0.2, 0.25) is 0 Å². The Morgan fingerprint density at radius 3 is 2.12 bits per heavy atom. The van der Waals surface area contributed by atoms with Gasteiger partial charge in [-0.1, -0.05) is 20.8 Å². The SMILES string of the molecule is CCC(C)(C)C(=O)OCC(O)CO.CCC(C)C(=O)OCCOC. The van der Waals surface area contributed by atoms with Gasteiger partial charge in [0.25, 0.3) is 0 Å². The first kappa shape index (κ1) is 25.1. The lowest BCUT2D eigenvalue weighted by atomic mass is 9.91. The maximum absolute atomic E-state index is 11.3. The second-order valence-electron chi connectivity index (χ2n) is 6.14. The van der Waals surface area contributed by atoms with Crippen molar-refractivity contribution in [1.29, 1.82) is 0 Å². The summed E-state index contributed by atoms with van der Waals surface area (Å²) in [5.74, 6) is -0.473. The number of esters is 2. The van der Waals surface area contributed by atoms with Crippen LogP contribution in [-0.4, -0.2) is 61.8 Å². The topological polar surface area (TPSA) is 102 Å². The third kappa shape index (κ3) is 12.3. The molecule has 2 N–H and O–H groups in total. The molecule has 24 heavy (non-hydrogen) atoms. The summed E-state index contributed by atoms with van der Waals surface area (Å²) < 4.78 is 14.4. The molecule has 0 aromatic rings. The minimum absolute atomic E-state index is 0.00635. The van der Waals surface area contributed by atoms with E-state index >= 15 is 0 Å². The third-order valence-corrected chi connectivity index (χ3v) is 3.60. The molecular formula is C17H34O7. The summed E-state index contributed by atoms with van der Waals surface area (Å²) in [5, 5.41) is 17.4. The molecule has 2 atom stereocenters. The minimum Gasteiger partial charge on any atom is -0.463 e. The fourth-order valence-corrected chi connectivity index (χ4v) is 1.10. The summed E-state index contributed by atoms with van der Waals surface area (Å²) in [4.78, 5) is 22.3. The molecule has 0 rings (SSSR count). The molecule has 0 fully saturated rings. The van der Waals surface area contributed by atoms with Crippen molar-refractivity contribution in [3.8, 4) is 0 Å². The number of carbonyl (C=O) groups excluding carboxylic acids is 2. The van der Waals surface area contributed by atoms with Crippen molar-refractivity contribution in [3.05, 3.63) is 0 Å². The minimum atomic E-state index is -0.975. The summed E-state index contributed by atoms with van der Waals surface area (Å²) in [7, 11) is 1.58. The zero-order chi connectivity index (χ0) is 19.2. The number of hydrogen-bond donors (Lipinski definition) is 2. The highest BCUT2D eigenvalue weighted by Gasteiger charge is 2.27. The molecule has 0 saturated heterocycles. The Kier molecular flexibility index (Phi) is 14.8. The molecule has 0 radical (unpaired) electrons. The first-order valence-corrected chi connectivity index (χ1v) is 8.27. The van der Waals surface area contributed by atoms with Gasteiger partial charge in [0.15, 0.2) is 0 Å². The molecule has 0 aliphatic rings. The number of aliphatic hydroxyl groups is 2.